The summed E-state index contributed by atoms with van der Waals surface area (Å²) in [6.07, 6.45) is -7.33. The van der Waals surface area contributed by atoms with Crippen molar-refractivity contribution in [3.8, 4) is 0 Å². The Morgan fingerprint density at radius 3 is 2.40 bits per heavy atom. The van der Waals surface area contributed by atoms with Crippen molar-refractivity contribution in [1.82, 2.24) is 0 Å². The fraction of sp³-hybridized carbons (Fsp3) is 0.400. The molecule has 2 rings (SSSR count). The number of halogens is 3. The average Bonchev–Trinajstić information content (AvgIpc) is 2.17. The van der Waals surface area contributed by atoms with E-state index in [2.05, 4.69) is 4.74 Å². The first-order valence-electron chi connectivity index (χ1n) is 4.45. The van der Waals surface area contributed by atoms with Crippen LogP contribution in [0.4, 0.5) is 13.2 Å². The van der Waals surface area contributed by atoms with Gasteiger partial charge >= 0.3 is 6.18 Å². The first-order chi connectivity index (χ1) is 7.00. The molecule has 0 radical (unpaired) electrons. The third kappa shape index (κ3) is 1.85. The molecule has 15 heavy (non-hydrogen) atoms. The number of alkyl halides is 3. The van der Waals surface area contributed by atoms with Gasteiger partial charge in [-0.25, -0.2) is 0 Å². The second-order valence-corrected chi connectivity index (χ2v) is 3.40. The summed E-state index contributed by atoms with van der Waals surface area (Å²) >= 11 is 0. The lowest BCUT2D eigenvalue weighted by molar-refractivity contribution is -0.235. The van der Waals surface area contributed by atoms with E-state index in [-0.39, 0.29) is 12.2 Å². The maximum atomic E-state index is 12.5. The smallest absolute Gasteiger partial charge is 0.386 e. The van der Waals surface area contributed by atoms with Gasteiger partial charge in [0.15, 0.2) is 6.10 Å². The van der Waals surface area contributed by atoms with Gasteiger partial charge in [0.2, 0.25) is 0 Å². The third-order valence-corrected chi connectivity index (χ3v) is 2.36. The number of ether oxygens (including phenoxy) is 1. The highest BCUT2D eigenvalue weighted by Crippen LogP contribution is 2.42. The van der Waals surface area contributed by atoms with Crippen molar-refractivity contribution in [2.24, 2.45) is 0 Å². The fourth-order valence-electron chi connectivity index (χ4n) is 1.69. The van der Waals surface area contributed by atoms with E-state index in [1.54, 1.807) is 6.07 Å². The van der Waals surface area contributed by atoms with Crippen molar-refractivity contribution in [2.75, 3.05) is 6.61 Å². The summed E-state index contributed by atoms with van der Waals surface area (Å²) in [5.41, 5.74) is 0.301. The lowest BCUT2D eigenvalue weighted by atomic mass is 9.95. The molecule has 0 bridgehead atoms. The normalized spacial score (nSPS) is 26.1. The van der Waals surface area contributed by atoms with Gasteiger partial charge in [-0.05, 0) is 11.1 Å². The van der Waals surface area contributed by atoms with Gasteiger partial charge in [0.05, 0.1) is 6.61 Å². The Hall–Kier alpha value is -1.07. The molecule has 0 amide bonds. The van der Waals surface area contributed by atoms with Crippen LogP contribution in [0.15, 0.2) is 24.3 Å². The van der Waals surface area contributed by atoms with Gasteiger partial charge in [0.25, 0.3) is 0 Å². The predicted molar refractivity (Wildman–Crippen MR) is 46.1 cm³/mol. The lowest BCUT2D eigenvalue weighted by Gasteiger charge is -2.30. The summed E-state index contributed by atoms with van der Waals surface area (Å²) < 4.78 is 42.2. The van der Waals surface area contributed by atoms with Crippen LogP contribution in [0, 0.1) is 0 Å². The minimum Gasteiger partial charge on any atom is -0.386 e. The molecule has 5 heteroatoms. The Balaban J connectivity index is 2.45. The van der Waals surface area contributed by atoms with E-state index in [1.807, 2.05) is 0 Å². The van der Waals surface area contributed by atoms with Crippen LogP contribution in [0.1, 0.15) is 23.3 Å². The van der Waals surface area contributed by atoms with Crippen LogP contribution < -0.4 is 0 Å². The number of benzene rings is 1. The molecule has 1 aromatic rings. The quantitative estimate of drug-likeness (QED) is 0.724. The summed E-state index contributed by atoms with van der Waals surface area (Å²) in [4.78, 5) is 0. The standard InChI is InChI=1S/C10H9F3O2/c11-10(12,13)9-7-4-2-1-3-6(7)8(14)5-15-9/h1-4,8-9,14H,5H2. The number of hydrogen-bond donors (Lipinski definition) is 1. The highest BCUT2D eigenvalue weighted by molar-refractivity contribution is 5.33. The molecule has 0 saturated carbocycles. The van der Waals surface area contributed by atoms with Gasteiger partial charge in [0, 0.05) is 0 Å². The van der Waals surface area contributed by atoms with E-state index >= 15 is 0 Å². The van der Waals surface area contributed by atoms with Gasteiger partial charge in [-0.3, -0.25) is 0 Å². The minimum absolute atomic E-state index is 0.00347. The summed E-state index contributed by atoms with van der Waals surface area (Å²) in [7, 11) is 0. The van der Waals surface area contributed by atoms with Crippen LogP contribution in [-0.2, 0) is 4.74 Å². The monoisotopic (exact) mass is 218 g/mol. The maximum Gasteiger partial charge on any atom is 0.418 e. The van der Waals surface area contributed by atoms with Gasteiger partial charge in [-0.1, -0.05) is 24.3 Å². The molecule has 0 aromatic heterocycles. The Bertz CT molecular complexity index is 362. The number of rotatable bonds is 0. The van der Waals surface area contributed by atoms with Crippen LogP contribution >= 0.6 is 0 Å². The van der Waals surface area contributed by atoms with Crippen LogP contribution in [0.2, 0.25) is 0 Å². The highest BCUT2D eigenvalue weighted by atomic mass is 19.4. The molecule has 1 aromatic carbocycles. The molecule has 0 fully saturated rings. The molecular formula is C10H9F3O2. The van der Waals surface area contributed by atoms with Gasteiger partial charge in [0.1, 0.15) is 6.10 Å². The van der Waals surface area contributed by atoms with E-state index in [1.165, 1.54) is 18.2 Å². The highest BCUT2D eigenvalue weighted by Gasteiger charge is 2.45. The Kier molecular flexibility index (Phi) is 2.44. The molecule has 1 heterocycles. The van der Waals surface area contributed by atoms with Crippen LogP contribution in [-0.4, -0.2) is 17.9 Å². The Morgan fingerprint density at radius 2 is 1.80 bits per heavy atom. The Labute approximate surface area is 84.3 Å². The molecule has 1 N–H and O–H groups in total. The lowest BCUT2D eigenvalue weighted by Crippen LogP contribution is -2.30. The molecule has 0 saturated heterocycles. The Morgan fingerprint density at radius 1 is 1.20 bits per heavy atom. The predicted octanol–water partition coefficient (Wildman–Crippen LogP) is 2.35. The second kappa shape index (κ2) is 3.50. The third-order valence-electron chi connectivity index (χ3n) is 2.36. The van der Waals surface area contributed by atoms with Crippen LogP contribution in [0.3, 0.4) is 0 Å². The molecule has 82 valence electrons. The van der Waals surface area contributed by atoms with Gasteiger partial charge in [-0.2, -0.15) is 13.2 Å². The molecule has 2 unspecified atom stereocenters. The number of fused-ring (bicyclic) bond motifs is 1. The first kappa shape index (κ1) is 10.4. The largest absolute Gasteiger partial charge is 0.418 e. The molecule has 0 spiro atoms. The minimum atomic E-state index is -4.43. The molecular weight excluding hydrogens is 209 g/mol. The number of aliphatic hydroxyl groups excluding tert-OH is 1. The number of aliphatic hydroxyl groups is 1. The summed E-state index contributed by atoms with van der Waals surface area (Å²) in [6.45, 7) is -0.318. The van der Waals surface area contributed by atoms with E-state index in [0.29, 0.717) is 5.56 Å². The topological polar surface area (TPSA) is 29.5 Å². The zero-order valence-electron chi connectivity index (χ0n) is 7.66. The summed E-state index contributed by atoms with van der Waals surface area (Å²) in [5, 5.41) is 9.45. The zero-order chi connectivity index (χ0) is 11.1. The van der Waals surface area contributed by atoms with Crippen LogP contribution in [0.5, 0.6) is 0 Å². The van der Waals surface area contributed by atoms with Gasteiger partial charge < -0.3 is 9.84 Å². The van der Waals surface area contributed by atoms with Crippen LogP contribution in [0.25, 0.3) is 0 Å². The van der Waals surface area contributed by atoms with E-state index < -0.39 is 18.4 Å². The zero-order valence-corrected chi connectivity index (χ0v) is 7.66. The van der Waals surface area contributed by atoms with Crippen molar-refractivity contribution in [3.63, 3.8) is 0 Å². The second-order valence-electron chi connectivity index (χ2n) is 3.40. The molecule has 0 aliphatic carbocycles. The number of hydrogen-bond acceptors (Lipinski definition) is 2. The van der Waals surface area contributed by atoms with E-state index in [4.69, 9.17) is 0 Å². The van der Waals surface area contributed by atoms with E-state index in [0.717, 1.165) is 0 Å². The molecule has 1 aliphatic heterocycles. The first-order valence-corrected chi connectivity index (χ1v) is 4.45. The van der Waals surface area contributed by atoms with Crippen molar-refractivity contribution in [3.05, 3.63) is 35.4 Å². The van der Waals surface area contributed by atoms with Crippen molar-refractivity contribution < 1.29 is 23.0 Å². The molecule has 2 atom stereocenters. The van der Waals surface area contributed by atoms with Crippen molar-refractivity contribution >= 4 is 0 Å². The maximum absolute atomic E-state index is 12.5. The molecule has 2 nitrogen and oxygen atoms in total. The SMILES string of the molecule is OC1COC(C(F)(F)F)c2ccccc21. The summed E-state index contributed by atoms with van der Waals surface area (Å²) in [6, 6.07) is 5.91. The van der Waals surface area contributed by atoms with E-state index in [9.17, 15) is 18.3 Å². The summed E-state index contributed by atoms with van der Waals surface area (Å²) in [5.74, 6) is 0. The molecule has 1 aliphatic rings. The van der Waals surface area contributed by atoms with Crippen molar-refractivity contribution in [2.45, 2.75) is 18.4 Å². The fourth-order valence-corrected chi connectivity index (χ4v) is 1.69. The average molecular weight is 218 g/mol. The van der Waals surface area contributed by atoms with Crippen molar-refractivity contribution in [1.29, 1.82) is 0 Å². The van der Waals surface area contributed by atoms with Gasteiger partial charge in [-0.15, -0.1) is 0 Å².